The third-order valence-electron chi connectivity index (χ3n) is 5.49. The van der Waals surface area contributed by atoms with Crippen LogP contribution in [0.2, 0.25) is 0 Å². The molecular weight excluding hydrogens is 388 g/mol. The van der Waals surface area contributed by atoms with Crippen LogP contribution in [-0.2, 0) is 19.2 Å². The van der Waals surface area contributed by atoms with Gasteiger partial charge in [0.1, 0.15) is 23.4 Å². The first-order chi connectivity index (χ1) is 14.4. The molecule has 2 atom stereocenters. The van der Waals surface area contributed by atoms with Gasteiger partial charge in [-0.2, -0.15) is 0 Å². The fourth-order valence-corrected chi connectivity index (χ4v) is 3.63. The Morgan fingerprint density at radius 1 is 0.667 bits per heavy atom. The van der Waals surface area contributed by atoms with E-state index in [1.54, 1.807) is 12.1 Å². The Morgan fingerprint density at radius 2 is 1.03 bits per heavy atom. The summed E-state index contributed by atoms with van der Waals surface area (Å²) in [6.45, 7) is 0. The van der Waals surface area contributed by atoms with E-state index in [2.05, 4.69) is 10.6 Å². The standard InChI is InChI=1S/C22H14N2O6/c25-15-7-11(15)21(29)23-13-5-6-14(24-22(30)12-8-16(12)26)18-17(13)19(27)9-3-1-2-4-10(9)20(18)28/h1-6,11-12H,7-8H2,(H,23,29)(H,24,30). The van der Waals surface area contributed by atoms with Crippen molar-refractivity contribution in [2.45, 2.75) is 12.8 Å². The summed E-state index contributed by atoms with van der Waals surface area (Å²) >= 11 is 0. The lowest BCUT2D eigenvalue weighted by Gasteiger charge is -2.23. The molecule has 148 valence electrons. The van der Waals surface area contributed by atoms with Gasteiger partial charge in [-0.1, -0.05) is 24.3 Å². The largest absolute Gasteiger partial charge is 0.325 e. The van der Waals surface area contributed by atoms with Crippen molar-refractivity contribution in [1.82, 2.24) is 0 Å². The fraction of sp³-hybridized carbons (Fsp3) is 0.182. The minimum atomic E-state index is -0.748. The van der Waals surface area contributed by atoms with Crippen LogP contribution >= 0.6 is 0 Å². The van der Waals surface area contributed by atoms with Crippen LogP contribution in [-0.4, -0.2) is 34.9 Å². The average Bonchev–Trinajstić information content (AvgIpc) is 3.64. The molecule has 2 amide bonds. The quantitative estimate of drug-likeness (QED) is 0.637. The number of benzene rings is 2. The number of amides is 2. The number of Topliss-reactive ketones (excluding diaryl/α,β-unsaturated/α-hetero) is 2. The zero-order valence-corrected chi connectivity index (χ0v) is 15.5. The van der Waals surface area contributed by atoms with Crippen LogP contribution in [0.25, 0.3) is 0 Å². The van der Waals surface area contributed by atoms with Crippen LogP contribution in [0.5, 0.6) is 0 Å². The molecule has 0 aromatic heterocycles. The van der Waals surface area contributed by atoms with Crippen molar-refractivity contribution < 1.29 is 28.8 Å². The summed E-state index contributed by atoms with van der Waals surface area (Å²) in [5.74, 6) is -3.90. The van der Waals surface area contributed by atoms with E-state index in [0.29, 0.717) is 0 Å². The molecule has 0 spiro atoms. The van der Waals surface area contributed by atoms with E-state index < -0.39 is 35.2 Å². The van der Waals surface area contributed by atoms with E-state index >= 15 is 0 Å². The Bertz CT molecular complexity index is 1130. The second-order valence-corrected chi connectivity index (χ2v) is 7.54. The number of hydrogen-bond acceptors (Lipinski definition) is 6. The van der Waals surface area contributed by atoms with Crippen molar-refractivity contribution >= 4 is 46.3 Å². The molecule has 2 aromatic carbocycles. The number of carbonyl (C=O) groups is 6. The summed E-state index contributed by atoms with van der Waals surface area (Å²) in [7, 11) is 0. The predicted molar refractivity (Wildman–Crippen MR) is 103 cm³/mol. The monoisotopic (exact) mass is 402 g/mol. The normalized spacial score (nSPS) is 20.9. The van der Waals surface area contributed by atoms with Gasteiger partial charge in [0.25, 0.3) is 0 Å². The van der Waals surface area contributed by atoms with Crippen molar-refractivity contribution in [3.8, 4) is 0 Å². The van der Waals surface area contributed by atoms with Crippen molar-refractivity contribution in [3.05, 3.63) is 58.7 Å². The molecule has 8 nitrogen and oxygen atoms in total. The molecule has 2 aromatic rings. The van der Waals surface area contributed by atoms with E-state index in [-0.39, 0.29) is 58.0 Å². The van der Waals surface area contributed by atoms with Crippen LogP contribution in [0.3, 0.4) is 0 Å². The smallest absolute Gasteiger partial charge is 0.235 e. The van der Waals surface area contributed by atoms with E-state index in [1.165, 1.54) is 24.3 Å². The SMILES string of the molecule is O=C1c2ccccc2C(=O)c2c(NC(=O)C3CC3=O)ccc(NC(=O)C3CC3=O)c21. The first kappa shape index (κ1) is 18.1. The highest BCUT2D eigenvalue weighted by atomic mass is 16.2. The molecule has 3 aliphatic rings. The van der Waals surface area contributed by atoms with Gasteiger partial charge in [0.2, 0.25) is 11.8 Å². The lowest BCUT2D eigenvalue weighted by Crippen LogP contribution is -2.27. The van der Waals surface area contributed by atoms with Gasteiger partial charge in [0.05, 0.1) is 22.5 Å². The highest BCUT2D eigenvalue weighted by Crippen LogP contribution is 2.38. The zero-order chi connectivity index (χ0) is 21.2. The summed E-state index contributed by atoms with van der Waals surface area (Å²) in [5, 5.41) is 5.13. The topological polar surface area (TPSA) is 126 Å². The second-order valence-electron chi connectivity index (χ2n) is 7.54. The lowest BCUT2D eigenvalue weighted by molar-refractivity contribution is -0.122. The number of nitrogens with one attached hydrogen (secondary N) is 2. The second kappa shape index (κ2) is 6.28. The van der Waals surface area contributed by atoms with Gasteiger partial charge in [0, 0.05) is 24.0 Å². The van der Waals surface area contributed by atoms with Crippen molar-refractivity contribution in [3.63, 3.8) is 0 Å². The number of hydrogen-bond donors (Lipinski definition) is 2. The van der Waals surface area contributed by atoms with Gasteiger partial charge in [0.15, 0.2) is 11.6 Å². The number of ketones is 4. The maximum Gasteiger partial charge on any atom is 0.235 e. The van der Waals surface area contributed by atoms with E-state index in [9.17, 15) is 28.8 Å². The molecule has 2 N–H and O–H groups in total. The van der Waals surface area contributed by atoms with Gasteiger partial charge < -0.3 is 10.6 Å². The van der Waals surface area contributed by atoms with Gasteiger partial charge in [-0.3, -0.25) is 28.8 Å². The van der Waals surface area contributed by atoms with Gasteiger partial charge in [-0.05, 0) is 12.1 Å². The minimum Gasteiger partial charge on any atom is -0.325 e. The average molecular weight is 402 g/mol. The number of rotatable bonds is 4. The Morgan fingerprint density at radius 3 is 1.37 bits per heavy atom. The van der Waals surface area contributed by atoms with Crippen molar-refractivity contribution in [2.75, 3.05) is 10.6 Å². The van der Waals surface area contributed by atoms with Crippen molar-refractivity contribution in [1.29, 1.82) is 0 Å². The first-order valence-corrected chi connectivity index (χ1v) is 9.39. The summed E-state index contributed by atoms with van der Waals surface area (Å²) in [5.41, 5.74) is 0.494. The van der Waals surface area contributed by atoms with E-state index in [0.717, 1.165) is 0 Å². The maximum absolute atomic E-state index is 13.2. The van der Waals surface area contributed by atoms with Crippen LogP contribution < -0.4 is 10.6 Å². The number of carbonyl (C=O) groups excluding carboxylic acids is 6. The summed E-state index contributed by atoms with van der Waals surface area (Å²) < 4.78 is 0. The van der Waals surface area contributed by atoms with Crippen LogP contribution in [0, 0.1) is 11.8 Å². The lowest BCUT2D eigenvalue weighted by atomic mass is 9.82. The third-order valence-corrected chi connectivity index (χ3v) is 5.49. The van der Waals surface area contributed by atoms with E-state index in [1.807, 2.05) is 0 Å². The Balaban J connectivity index is 1.61. The molecule has 2 fully saturated rings. The molecule has 2 unspecified atom stereocenters. The maximum atomic E-state index is 13.2. The molecule has 0 aliphatic heterocycles. The highest BCUT2D eigenvalue weighted by molar-refractivity contribution is 6.33. The fourth-order valence-electron chi connectivity index (χ4n) is 3.63. The molecular formula is C22H14N2O6. The zero-order valence-electron chi connectivity index (χ0n) is 15.5. The van der Waals surface area contributed by atoms with Gasteiger partial charge in [-0.15, -0.1) is 0 Å². The molecule has 5 rings (SSSR count). The molecule has 0 saturated heterocycles. The summed E-state index contributed by atoms with van der Waals surface area (Å²) in [4.78, 5) is 73.5. The highest BCUT2D eigenvalue weighted by Gasteiger charge is 2.44. The molecule has 0 bridgehead atoms. The molecule has 8 heteroatoms. The summed E-state index contributed by atoms with van der Waals surface area (Å²) in [6.07, 6.45) is 0.292. The van der Waals surface area contributed by atoms with Crippen molar-refractivity contribution in [2.24, 2.45) is 11.8 Å². The molecule has 30 heavy (non-hydrogen) atoms. The summed E-state index contributed by atoms with van der Waals surface area (Å²) in [6, 6.07) is 9.10. The van der Waals surface area contributed by atoms with Crippen LogP contribution in [0.4, 0.5) is 11.4 Å². The number of anilines is 2. The molecule has 2 saturated carbocycles. The van der Waals surface area contributed by atoms with Crippen LogP contribution in [0.15, 0.2) is 36.4 Å². The molecule has 0 radical (unpaired) electrons. The predicted octanol–water partition coefficient (Wildman–Crippen LogP) is 1.52. The van der Waals surface area contributed by atoms with Crippen LogP contribution in [0.1, 0.15) is 44.7 Å². The minimum absolute atomic E-state index is 0.0416. The van der Waals surface area contributed by atoms with Gasteiger partial charge >= 0.3 is 0 Å². The molecule has 0 heterocycles. The molecule has 3 aliphatic carbocycles. The Labute approximate surface area is 169 Å². The first-order valence-electron chi connectivity index (χ1n) is 9.39. The number of fused-ring (bicyclic) bond motifs is 2. The Kier molecular flexibility index (Phi) is 3.79. The Hall–Kier alpha value is -3.94. The third kappa shape index (κ3) is 2.76. The van der Waals surface area contributed by atoms with E-state index in [4.69, 9.17) is 0 Å². The van der Waals surface area contributed by atoms with Gasteiger partial charge in [-0.25, -0.2) is 0 Å².